The van der Waals surface area contributed by atoms with Crippen LogP contribution in [-0.4, -0.2) is 79.1 Å². The second-order valence-corrected chi connectivity index (χ2v) is 7.86. The average molecular weight is 444 g/mol. The van der Waals surface area contributed by atoms with Crippen LogP contribution in [0.1, 0.15) is 6.23 Å². The third kappa shape index (κ3) is 5.97. The van der Waals surface area contributed by atoms with Gasteiger partial charge in [0.1, 0.15) is 30.2 Å². The molecule has 158 valence electrons. The zero-order valence-electron chi connectivity index (χ0n) is 13.8. The Bertz CT molecular complexity index is 905. The normalized spacial score (nSPS) is 25.5. The number of fused-ring (bicyclic) bond motifs is 1. The molecule has 18 heteroatoms. The molecule has 0 radical (unpaired) electrons. The first-order chi connectivity index (χ1) is 12.8. The second-order valence-electron chi connectivity index (χ2n) is 5.48. The molecule has 2 aromatic heterocycles. The number of aliphatic hydroxyl groups is 2. The smallest absolute Gasteiger partial charge is 0.387 e. The molecule has 0 saturated carbocycles. The number of nitrogens with one attached hydrogen (secondary N) is 1. The number of nitrogens with two attached hydrogens (primary N) is 1. The number of phosphoric acid groups is 1. The van der Waals surface area contributed by atoms with Crippen molar-refractivity contribution in [2.45, 2.75) is 24.5 Å². The first-order valence-corrected chi connectivity index (χ1v) is 10.4. The molecule has 0 amide bonds. The molecule has 2 aromatic rings. The van der Waals surface area contributed by atoms with Gasteiger partial charge in [0, 0.05) is 0 Å². The predicted molar refractivity (Wildman–Crippen MR) is 90.0 cm³/mol. The molecule has 0 aromatic carbocycles. The molecule has 1 aliphatic rings. The Morgan fingerprint density at radius 1 is 1.18 bits per heavy atom. The highest BCUT2D eigenvalue weighted by Gasteiger charge is 2.45. The quantitative estimate of drug-likeness (QED) is 0.223. The van der Waals surface area contributed by atoms with Crippen LogP contribution < -0.4 is 5.73 Å². The van der Waals surface area contributed by atoms with Gasteiger partial charge in [0.2, 0.25) is 0 Å². The molecular weight excluding hydrogens is 426 g/mol. The van der Waals surface area contributed by atoms with Crippen molar-refractivity contribution in [3.63, 3.8) is 0 Å². The summed E-state index contributed by atoms with van der Waals surface area (Å²) in [7, 11) is -8.86. The van der Waals surface area contributed by atoms with Crippen LogP contribution >= 0.6 is 15.6 Å². The summed E-state index contributed by atoms with van der Waals surface area (Å²) in [5, 5.41) is 25.8. The minimum atomic E-state index is -4.72. The van der Waals surface area contributed by atoms with Gasteiger partial charge in [0.15, 0.2) is 17.7 Å². The van der Waals surface area contributed by atoms with E-state index in [0.29, 0.717) is 5.52 Å². The number of nitrogen functional groups attached to an aromatic ring is 1. The van der Waals surface area contributed by atoms with Gasteiger partial charge in [-0.1, -0.05) is 0 Å². The Labute approximate surface area is 156 Å². The summed E-state index contributed by atoms with van der Waals surface area (Å²) in [5.41, 5.74) is 6.25. The molecule has 0 spiro atoms. The van der Waals surface area contributed by atoms with E-state index in [1.807, 2.05) is 0 Å². The van der Waals surface area contributed by atoms with E-state index in [0.717, 1.165) is 0 Å². The molecule has 0 bridgehead atoms. The van der Waals surface area contributed by atoms with Crippen LogP contribution in [0.25, 0.3) is 11.2 Å². The largest absolute Gasteiger partial charge is 0.469 e. The van der Waals surface area contributed by atoms with Crippen LogP contribution in [0.4, 0.5) is 5.82 Å². The minimum absolute atomic E-state index is 0.142. The van der Waals surface area contributed by atoms with Gasteiger partial charge >= 0.3 is 15.6 Å². The maximum absolute atomic E-state index is 10.7. The van der Waals surface area contributed by atoms with E-state index in [1.54, 1.807) is 0 Å². The minimum Gasteiger partial charge on any atom is -0.387 e. The Morgan fingerprint density at radius 3 is 2.36 bits per heavy atom. The summed E-state index contributed by atoms with van der Waals surface area (Å²) in [5.74, 6) is 0.142. The summed E-state index contributed by atoms with van der Waals surface area (Å²) in [4.78, 5) is 51.4. The molecule has 1 fully saturated rings. The van der Waals surface area contributed by atoms with Gasteiger partial charge in [-0.05, 0) is 0 Å². The number of phosphoric ester groups is 1. The van der Waals surface area contributed by atoms with Crippen molar-refractivity contribution in [1.29, 1.82) is 5.16 Å². The summed E-state index contributed by atoms with van der Waals surface area (Å²) >= 11 is 0. The van der Waals surface area contributed by atoms with Crippen LogP contribution in [0.3, 0.4) is 0 Å². The van der Waals surface area contributed by atoms with E-state index in [9.17, 15) is 14.8 Å². The third-order valence-electron chi connectivity index (χ3n) is 3.41. The molecule has 10 N–H and O–H groups in total. The van der Waals surface area contributed by atoms with Gasteiger partial charge in [-0.15, -0.1) is 0 Å². The summed E-state index contributed by atoms with van der Waals surface area (Å²) in [6.07, 6.45) is -2.49. The third-order valence-corrected chi connectivity index (χ3v) is 3.89. The van der Waals surface area contributed by atoms with Crippen molar-refractivity contribution in [2.75, 3.05) is 12.3 Å². The lowest BCUT2D eigenvalue weighted by atomic mass is 10.1. The average Bonchev–Trinajstić information content (AvgIpc) is 3.07. The Morgan fingerprint density at radius 2 is 1.79 bits per heavy atom. The molecule has 0 aliphatic carbocycles. The van der Waals surface area contributed by atoms with E-state index in [4.69, 9.17) is 40.1 Å². The zero-order chi connectivity index (χ0) is 21.3. The van der Waals surface area contributed by atoms with Crippen LogP contribution in [0.2, 0.25) is 0 Å². The van der Waals surface area contributed by atoms with Crippen LogP contribution in [-0.2, 0) is 13.8 Å². The lowest BCUT2D eigenvalue weighted by Crippen LogP contribution is -2.33. The summed E-state index contributed by atoms with van der Waals surface area (Å²) in [6, 6.07) is 0. The fourth-order valence-corrected chi connectivity index (χ4v) is 2.66. The first-order valence-electron chi connectivity index (χ1n) is 7.25. The summed E-state index contributed by atoms with van der Waals surface area (Å²) < 4.78 is 21.8. The molecule has 3 heterocycles. The zero-order valence-corrected chi connectivity index (χ0v) is 15.6. The molecule has 1 aliphatic heterocycles. The van der Waals surface area contributed by atoms with E-state index >= 15 is 0 Å². The number of anilines is 1. The molecule has 3 rings (SSSR count). The number of ether oxygens (including phenoxy) is 1. The molecule has 16 nitrogen and oxygen atoms in total. The van der Waals surface area contributed by atoms with Gasteiger partial charge in [0.25, 0.3) is 0 Å². The SMILES string of the molecule is N=P(O)(O)O.Nc1ncnc2c1ncn2[C@@H]1O[C@H](COP(=O)(O)O)[C@@H](O)[C@H]1O. The Hall–Kier alpha value is -1.55. The van der Waals surface area contributed by atoms with E-state index in [1.165, 1.54) is 17.2 Å². The highest BCUT2D eigenvalue weighted by atomic mass is 31.2. The van der Waals surface area contributed by atoms with Gasteiger partial charge < -0.3 is 45.2 Å². The molecule has 1 saturated heterocycles. The maximum Gasteiger partial charge on any atom is 0.469 e. The number of aliphatic hydroxyl groups excluding tert-OH is 2. The van der Waals surface area contributed by atoms with Crippen molar-refractivity contribution < 1.29 is 48.5 Å². The fourth-order valence-electron chi connectivity index (χ4n) is 2.32. The van der Waals surface area contributed by atoms with Gasteiger partial charge in [-0.25, -0.2) is 24.7 Å². The van der Waals surface area contributed by atoms with Crippen molar-refractivity contribution in [1.82, 2.24) is 19.5 Å². The fraction of sp³-hybridized carbons (Fsp3) is 0.500. The topological polar surface area (TPSA) is 271 Å². The highest BCUT2D eigenvalue weighted by molar-refractivity contribution is 7.46. The lowest BCUT2D eigenvalue weighted by molar-refractivity contribution is -0.0504. The van der Waals surface area contributed by atoms with Crippen LogP contribution in [0, 0.1) is 5.16 Å². The number of imidazole rings is 1. The number of hydrogen-bond acceptors (Lipinski definition) is 10. The Kier molecular flexibility index (Phi) is 6.86. The van der Waals surface area contributed by atoms with E-state index in [2.05, 4.69) is 19.5 Å². The molecular formula is C10H18N6O10P2. The van der Waals surface area contributed by atoms with Crippen molar-refractivity contribution in [3.05, 3.63) is 12.7 Å². The van der Waals surface area contributed by atoms with Crippen LogP contribution in [0.15, 0.2) is 12.7 Å². The lowest BCUT2D eigenvalue weighted by Gasteiger charge is -2.16. The summed E-state index contributed by atoms with van der Waals surface area (Å²) in [6.45, 7) is -0.594. The number of nitrogens with zero attached hydrogens (tertiary/aromatic N) is 4. The number of hydrogen-bond donors (Lipinski definition) is 9. The second kappa shape index (κ2) is 8.44. The van der Waals surface area contributed by atoms with Crippen molar-refractivity contribution in [3.8, 4) is 0 Å². The molecule has 0 unspecified atom stereocenters. The van der Waals surface area contributed by atoms with Crippen LogP contribution in [0.5, 0.6) is 0 Å². The monoisotopic (exact) mass is 444 g/mol. The predicted octanol–water partition coefficient (Wildman–Crippen LogP) is -2.37. The van der Waals surface area contributed by atoms with E-state index < -0.39 is 46.7 Å². The van der Waals surface area contributed by atoms with Crippen molar-refractivity contribution >= 4 is 32.5 Å². The Balaban J connectivity index is 0.000000500. The van der Waals surface area contributed by atoms with E-state index in [-0.39, 0.29) is 11.5 Å². The van der Waals surface area contributed by atoms with Gasteiger partial charge in [-0.2, -0.15) is 0 Å². The molecule has 4 atom stereocenters. The number of aromatic nitrogens is 4. The standard InChI is InChI=1S/C10H14N5O7P.H4NO3P/c11-8-5-9(13-2-12-8)15(3-14-5)10-7(17)6(16)4(22-10)1-21-23(18,19)20;1-5(2,3)4/h2-4,6-7,10,16-17H,1H2,(H2,11,12,13)(H2,18,19,20);(H4,1,2,3,4)/t4-,6-,7-,10-;/m1./s1. The number of rotatable bonds is 4. The maximum atomic E-state index is 10.7. The van der Waals surface area contributed by atoms with Crippen molar-refractivity contribution in [2.24, 2.45) is 0 Å². The highest BCUT2D eigenvalue weighted by Crippen LogP contribution is 2.38. The first kappa shape index (κ1) is 22.7. The molecule has 28 heavy (non-hydrogen) atoms. The van der Waals surface area contributed by atoms with Gasteiger partial charge in [-0.3, -0.25) is 9.09 Å². The van der Waals surface area contributed by atoms with Gasteiger partial charge in [0.05, 0.1) is 12.9 Å².